The van der Waals surface area contributed by atoms with Crippen LogP contribution in [-0.2, 0) is 0 Å². The quantitative estimate of drug-likeness (QED) is 0.832. The molecule has 0 bridgehead atoms. The Morgan fingerprint density at radius 2 is 2.00 bits per heavy atom. The average molecular weight is 275 g/mol. The maximum atomic E-state index is 3.63. The van der Waals surface area contributed by atoms with Crippen LogP contribution in [0.4, 0.5) is 0 Å². The first kappa shape index (κ1) is 13.5. The van der Waals surface area contributed by atoms with Gasteiger partial charge in [0.1, 0.15) is 0 Å². The monoisotopic (exact) mass is 275 g/mol. The van der Waals surface area contributed by atoms with Crippen LogP contribution >= 0.6 is 11.8 Å². The summed E-state index contributed by atoms with van der Waals surface area (Å²) in [6, 6.07) is 9.28. The summed E-state index contributed by atoms with van der Waals surface area (Å²) in [6.45, 7) is 7.01. The zero-order valence-electron chi connectivity index (χ0n) is 12.1. The summed E-state index contributed by atoms with van der Waals surface area (Å²) in [5.74, 6) is 2.06. The van der Waals surface area contributed by atoms with Crippen LogP contribution in [-0.4, -0.2) is 24.1 Å². The minimum atomic E-state index is 0.531. The fraction of sp³-hybridized carbons (Fsp3) is 0.647. The molecule has 1 aromatic carbocycles. The second-order valence-corrected chi connectivity index (χ2v) is 7.72. The van der Waals surface area contributed by atoms with E-state index in [1.165, 1.54) is 37.1 Å². The number of nitrogens with one attached hydrogen (secondary N) is 1. The summed E-state index contributed by atoms with van der Waals surface area (Å²) in [6.07, 6.45) is 4.17. The number of hydrogen-bond donors (Lipinski definition) is 1. The number of piperidine rings is 1. The third kappa shape index (κ3) is 2.45. The van der Waals surface area contributed by atoms with E-state index in [0.717, 1.165) is 11.8 Å². The number of hydrogen-bond acceptors (Lipinski definition) is 2. The van der Waals surface area contributed by atoms with Crippen LogP contribution in [0.3, 0.4) is 0 Å². The molecule has 1 spiro atoms. The lowest BCUT2D eigenvalue weighted by Gasteiger charge is -2.51. The molecule has 3 rings (SSSR count). The Morgan fingerprint density at radius 1 is 1.21 bits per heavy atom. The molecular weight excluding hydrogens is 250 g/mol. The summed E-state index contributed by atoms with van der Waals surface area (Å²) in [5, 5.41) is 4.43. The maximum Gasteiger partial charge on any atom is 0.00820 e. The van der Waals surface area contributed by atoms with Crippen LogP contribution in [0, 0.1) is 12.3 Å². The first-order chi connectivity index (χ1) is 9.22. The molecule has 19 heavy (non-hydrogen) atoms. The summed E-state index contributed by atoms with van der Waals surface area (Å²) in [5.41, 5.74) is 3.45. The molecule has 2 aliphatic rings. The van der Waals surface area contributed by atoms with Crippen molar-refractivity contribution in [3.8, 4) is 0 Å². The predicted molar refractivity (Wildman–Crippen MR) is 85.0 cm³/mol. The van der Waals surface area contributed by atoms with Gasteiger partial charge in [-0.25, -0.2) is 0 Å². The third-order valence-corrected chi connectivity index (χ3v) is 6.75. The molecule has 2 heteroatoms. The molecule has 2 heterocycles. The van der Waals surface area contributed by atoms with Gasteiger partial charge in [-0.05, 0) is 49.5 Å². The molecule has 1 aromatic rings. The van der Waals surface area contributed by atoms with Gasteiger partial charge < -0.3 is 5.32 Å². The largest absolute Gasteiger partial charge is 0.316 e. The summed E-state index contributed by atoms with van der Waals surface area (Å²) < 4.78 is 0. The van der Waals surface area contributed by atoms with E-state index in [-0.39, 0.29) is 0 Å². The zero-order valence-corrected chi connectivity index (χ0v) is 12.9. The molecule has 2 saturated heterocycles. The highest BCUT2D eigenvalue weighted by Crippen LogP contribution is 2.53. The highest BCUT2D eigenvalue weighted by atomic mass is 32.2. The average Bonchev–Trinajstić information content (AvgIpc) is 2.44. The number of thioether (sulfide) groups is 1. The van der Waals surface area contributed by atoms with Crippen molar-refractivity contribution in [2.24, 2.45) is 5.41 Å². The first-order valence-electron chi connectivity index (χ1n) is 7.61. The van der Waals surface area contributed by atoms with Crippen LogP contribution in [0.5, 0.6) is 0 Å². The van der Waals surface area contributed by atoms with E-state index in [9.17, 15) is 0 Å². The van der Waals surface area contributed by atoms with Crippen LogP contribution in [0.2, 0.25) is 0 Å². The summed E-state index contributed by atoms with van der Waals surface area (Å²) in [4.78, 5) is 0. The molecule has 3 unspecified atom stereocenters. The van der Waals surface area contributed by atoms with E-state index in [0.29, 0.717) is 11.3 Å². The Labute approximate surface area is 121 Å². The second kappa shape index (κ2) is 5.49. The molecule has 1 N–H and O–H groups in total. The molecule has 1 nitrogen and oxygen atoms in total. The highest BCUT2D eigenvalue weighted by Gasteiger charge is 2.46. The van der Waals surface area contributed by atoms with E-state index in [4.69, 9.17) is 0 Å². The van der Waals surface area contributed by atoms with Gasteiger partial charge in [0, 0.05) is 17.7 Å². The maximum absolute atomic E-state index is 3.63. The molecule has 0 saturated carbocycles. The first-order valence-corrected chi connectivity index (χ1v) is 8.66. The van der Waals surface area contributed by atoms with E-state index in [1.54, 1.807) is 5.56 Å². The van der Waals surface area contributed by atoms with Gasteiger partial charge in [0.05, 0.1) is 0 Å². The second-order valence-electron chi connectivity index (χ2n) is 6.27. The van der Waals surface area contributed by atoms with Crippen molar-refractivity contribution in [3.05, 3.63) is 35.4 Å². The molecule has 0 radical (unpaired) electrons. The number of rotatable bonds is 1. The van der Waals surface area contributed by atoms with Gasteiger partial charge in [0.25, 0.3) is 0 Å². The van der Waals surface area contributed by atoms with Crippen molar-refractivity contribution < 1.29 is 0 Å². The van der Waals surface area contributed by atoms with E-state index >= 15 is 0 Å². The third-order valence-electron chi connectivity index (χ3n) is 5.25. The van der Waals surface area contributed by atoms with Crippen LogP contribution in [0.1, 0.15) is 43.2 Å². The van der Waals surface area contributed by atoms with Crippen LogP contribution in [0.25, 0.3) is 0 Å². The van der Waals surface area contributed by atoms with Crippen LogP contribution < -0.4 is 5.32 Å². The van der Waals surface area contributed by atoms with Gasteiger partial charge in [0.15, 0.2) is 0 Å². The Hall–Kier alpha value is -0.470. The molecular formula is C17H25NS. The normalized spacial score (nSPS) is 35.5. The lowest BCUT2D eigenvalue weighted by Crippen LogP contribution is -2.49. The molecule has 0 aliphatic carbocycles. The van der Waals surface area contributed by atoms with Crippen molar-refractivity contribution in [1.82, 2.24) is 5.32 Å². The van der Waals surface area contributed by atoms with Crippen molar-refractivity contribution in [1.29, 1.82) is 0 Å². The predicted octanol–water partition coefficient (Wildman–Crippen LogP) is 3.97. The van der Waals surface area contributed by atoms with Gasteiger partial charge in [-0.15, -0.1) is 0 Å². The van der Waals surface area contributed by atoms with Gasteiger partial charge in [-0.2, -0.15) is 11.8 Å². The molecule has 104 valence electrons. The fourth-order valence-electron chi connectivity index (χ4n) is 4.01. The summed E-state index contributed by atoms with van der Waals surface area (Å²) in [7, 11) is 0. The van der Waals surface area contributed by atoms with Gasteiger partial charge in [-0.1, -0.05) is 36.8 Å². The minimum absolute atomic E-state index is 0.531. The van der Waals surface area contributed by atoms with E-state index < -0.39 is 0 Å². The standard InChI is InChI=1S/C17H25NS/c1-13-4-6-15(7-5-13)16-12-18-10-9-17(16)8-3-11-19-14(17)2/h4-7,14,16,18H,3,8-12H2,1-2H3. The Bertz CT molecular complexity index is 421. The lowest BCUT2D eigenvalue weighted by atomic mass is 9.63. The SMILES string of the molecule is Cc1ccc(C2CNCCC23CCCSC3C)cc1. The van der Waals surface area contributed by atoms with Crippen molar-refractivity contribution in [2.45, 2.75) is 44.3 Å². The fourth-order valence-corrected chi connectivity index (χ4v) is 5.41. The number of aryl methyl sites for hydroxylation is 1. The summed E-state index contributed by atoms with van der Waals surface area (Å²) >= 11 is 2.20. The Kier molecular flexibility index (Phi) is 3.91. The number of benzene rings is 1. The molecule has 3 atom stereocenters. The Morgan fingerprint density at radius 3 is 2.74 bits per heavy atom. The molecule has 0 aromatic heterocycles. The van der Waals surface area contributed by atoms with Crippen LogP contribution in [0.15, 0.2) is 24.3 Å². The van der Waals surface area contributed by atoms with E-state index in [2.05, 4.69) is 55.2 Å². The zero-order chi connectivity index (χ0) is 13.3. The topological polar surface area (TPSA) is 12.0 Å². The highest BCUT2D eigenvalue weighted by molar-refractivity contribution is 7.99. The van der Waals surface area contributed by atoms with Gasteiger partial charge in [0.2, 0.25) is 0 Å². The van der Waals surface area contributed by atoms with E-state index in [1.807, 2.05) is 0 Å². The smallest absolute Gasteiger partial charge is 0.00820 e. The minimum Gasteiger partial charge on any atom is -0.316 e. The van der Waals surface area contributed by atoms with Crippen molar-refractivity contribution in [2.75, 3.05) is 18.8 Å². The van der Waals surface area contributed by atoms with Crippen molar-refractivity contribution in [3.63, 3.8) is 0 Å². The molecule has 2 aliphatic heterocycles. The van der Waals surface area contributed by atoms with Gasteiger partial charge in [-0.3, -0.25) is 0 Å². The lowest BCUT2D eigenvalue weighted by molar-refractivity contribution is 0.142. The van der Waals surface area contributed by atoms with Gasteiger partial charge >= 0.3 is 0 Å². The Balaban J connectivity index is 1.94. The molecule has 2 fully saturated rings. The molecule has 0 amide bonds. The van der Waals surface area contributed by atoms with Crippen molar-refractivity contribution >= 4 is 11.8 Å².